The van der Waals surface area contributed by atoms with Gasteiger partial charge in [0.05, 0.1) is 42.3 Å². The molecule has 7 unspecified atom stereocenters. The Hall–Kier alpha value is -2.33. The van der Waals surface area contributed by atoms with Crippen molar-refractivity contribution in [2.75, 3.05) is 0 Å². The van der Waals surface area contributed by atoms with Gasteiger partial charge in [-0.25, -0.2) is 4.98 Å². The summed E-state index contributed by atoms with van der Waals surface area (Å²) < 4.78 is 17.1. The van der Waals surface area contributed by atoms with Crippen LogP contribution in [0, 0.1) is 17.3 Å². The summed E-state index contributed by atoms with van der Waals surface area (Å²) in [4.78, 5) is 30.4. The highest BCUT2D eigenvalue weighted by molar-refractivity contribution is 5.88. The fourth-order valence-electron chi connectivity index (χ4n) is 4.71. The van der Waals surface area contributed by atoms with E-state index in [4.69, 9.17) is 19.6 Å². The lowest BCUT2D eigenvalue weighted by atomic mass is 9.73. The molecular weight excluding hydrogens is 464 g/mol. The van der Waals surface area contributed by atoms with E-state index in [9.17, 15) is 19.8 Å². The number of oxazole rings is 1. The molecule has 0 radical (unpaired) electrons. The summed E-state index contributed by atoms with van der Waals surface area (Å²) in [7, 11) is 0. The number of nitrogens with zero attached hydrogens (tertiary/aromatic N) is 1. The molecule has 36 heavy (non-hydrogen) atoms. The highest BCUT2D eigenvalue weighted by Gasteiger charge is 2.52. The lowest BCUT2D eigenvalue weighted by Crippen LogP contribution is -2.45. The molecule has 0 aliphatic carbocycles. The summed E-state index contributed by atoms with van der Waals surface area (Å²) in [5.41, 5.74) is 5.20. The van der Waals surface area contributed by atoms with Crippen molar-refractivity contribution >= 4 is 17.8 Å². The minimum absolute atomic E-state index is 0.143. The molecule has 7 atom stereocenters. The number of ether oxygens (including phenoxy) is 2. The number of aliphatic hydroxyl groups excluding tert-OH is 2. The molecule has 0 aromatic carbocycles. The number of esters is 1. The van der Waals surface area contributed by atoms with Crippen molar-refractivity contribution in [2.24, 2.45) is 23.0 Å². The summed E-state index contributed by atoms with van der Waals surface area (Å²) in [6.07, 6.45) is 4.85. The van der Waals surface area contributed by atoms with Gasteiger partial charge in [0, 0.05) is 18.3 Å². The van der Waals surface area contributed by atoms with Gasteiger partial charge in [0.15, 0.2) is 0 Å². The number of carbonyl (C=O) groups excluding carboxylic acids is 2. The number of hydrogen-bond donors (Lipinski definition) is 3. The largest absolute Gasteiger partial charge is 0.458 e. The summed E-state index contributed by atoms with van der Waals surface area (Å²) in [5.74, 6) is -1.53. The second kappa shape index (κ2) is 11.0. The monoisotopic (exact) mass is 504 g/mol. The van der Waals surface area contributed by atoms with Gasteiger partial charge in [0.1, 0.15) is 23.8 Å². The lowest BCUT2D eigenvalue weighted by Gasteiger charge is -2.34. The molecule has 1 aromatic heterocycles. The van der Waals surface area contributed by atoms with Crippen LogP contribution in [0.1, 0.15) is 72.4 Å². The first kappa shape index (κ1) is 28.2. The van der Waals surface area contributed by atoms with Crippen LogP contribution in [0.2, 0.25) is 0 Å². The van der Waals surface area contributed by atoms with Crippen LogP contribution in [-0.4, -0.2) is 57.0 Å². The number of rotatable bonds is 3. The fraction of sp³-hybridized carbons (Fsp3) is 0.667. The van der Waals surface area contributed by atoms with Gasteiger partial charge in [-0.1, -0.05) is 39.8 Å². The molecule has 2 aliphatic heterocycles. The Bertz CT molecular complexity index is 1010. The van der Waals surface area contributed by atoms with E-state index in [2.05, 4.69) is 4.98 Å². The number of carbonyl (C=O) groups is 2. The number of nitrogens with two attached hydrogens (primary N) is 1. The molecule has 0 amide bonds. The second-order valence-electron chi connectivity index (χ2n) is 11.0. The van der Waals surface area contributed by atoms with E-state index in [0.29, 0.717) is 24.4 Å². The third-order valence-electron chi connectivity index (χ3n) is 7.62. The minimum Gasteiger partial charge on any atom is -0.458 e. The Balaban J connectivity index is 1.89. The van der Waals surface area contributed by atoms with Crippen molar-refractivity contribution in [3.8, 4) is 0 Å². The van der Waals surface area contributed by atoms with Crippen LogP contribution in [0.3, 0.4) is 0 Å². The first-order valence-corrected chi connectivity index (χ1v) is 12.6. The molecule has 3 heterocycles. The number of ketones is 1. The van der Waals surface area contributed by atoms with Crippen LogP contribution in [0.4, 0.5) is 0 Å². The van der Waals surface area contributed by atoms with Gasteiger partial charge in [-0.05, 0) is 31.9 Å². The van der Waals surface area contributed by atoms with Crippen LogP contribution in [0.15, 0.2) is 28.4 Å². The van der Waals surface area contributed by atoms with Crippen LogP contribution < -0.4 is 5.73 Å². The molecule has 1 fully saturated rings. The normalized spacial score (nSPS) is 37.2. The summed E-state index contributed by atoms with van der Waals surface area (Å²) in [6, 6.07) is 0. The molecule has 9 nitrogen and oxygen atoms in total. The zero-order chi connectivity index (χ0) is 26.8. The average molecular weight is 505 g/mol. The molecule has 9 heteroatoms. The molecule has 200 valence electrons. The van der Waals surface area contributed by atoms with Crippen LogP contribution >= 0.6 is 0 Å². The zero-order valence-corrected chi connectivity index (χ0v) is 22.1. The van der Waals surface area contributed by atoms with Gasteiger partial charge in [-0.3, -0.25) is 9.59 Å². The van der Waals surface area contributed by atoms with Gasteiger partial charge < -0.3 is 29.8 Å². The Kier molecular flexibility index (Phi) is 8.60. The van der Waals surface area contributed by atoms with Gasteiger partial charge in [0.2, 0.25) is 5.89 Å². The topological polar surface area (TPSA) is 148 Å². The Labute approximate surface area is 212 Å². The van der Waals surface area contributed by atoms with Crippen molar-refractivity contribution in [3.05, 3.63) is 35.6 Å². The molecular formula is C27H40N2O7. The molecule has 1 aromatic rings. The van der Waals surface area contributed by atoms with Crippen LogP contribution in [0.5, 0.6) is 0 Å². The van der Waals surface area contributed by atoms with E-state index in [0.717, 1.165) is 5.57 Å². The van der Waals surface area contributed by atoms with E-state index < -0.39 is 41.2 Å². The number of aromatic nitrogens is 1. The SMILES string of the molecule is C/C(=C\c1coc(CN)n1)C1CC2OC2(C)C/C=C\C(C)C(O)C(C)C(=O)C(C)(C)C(O)CC(=O)O1. The van der Waals surface area contributed by atoms with Crippen molar-refractivity contribution in [1.29, 1.82) is 0 Å². The van der Waals surface area contributed by atoms with E-state index >= 15 is 0 Å². The average Bonchev–Trinajstić information content (AvgIpc) is 3.23. The fourth-order valence-corrected chi connectivity index (χ4v) is 4.71. The van der Waals surface area contributed by atoms with Crippen molar-refractivity contribution in [1.82, 2.24) is 4.98 Å². The summed E-state index contributed by atoms with van der Waals surface area (Å²) >= 11 is 0. The number of hydrogen-bond acceptors (Lipinski definition) is 9. The third-order valence-corrected chi connectivity index (χ3v) is 7.62. The maximum atomic E-state index is 13.2. The Morgan fingerprint density at radius 1 is 1.25 bits per heavy atom. The maximum absolute atomic E-state index is 13.2. The molecule has 0 bridgehead atoms. The maximum Gasteiger partial charge on any atom is 0.309 e. The lowest BCUT2D eigenvalue weighted by molar-refractivity contribution is -0.154. The first-order valence-electron chi connectivity index (χ1n) is 12.6. The second-order valence-corrected chi connectivity index (χ2v) is 11.0. The predicted molar refractivity (Wildman–Crippen MR) is 133 cm³/mol. The van der Waals surface area contributed by atoms with Gasteiger partial charge in [-0.2, -0.15) is 0 Å². The molecule has 0 spiro atoms. The van der Waals surface area contributed by atoms with Crippen LogP contribution in [-0.2, 0) is 25.6 Å². The summed E-state index contributed by atoms with van der Waals surface area (Å²) in [5, 5.41) is 21.6. The third kappa shape index (κ3) is 6.32. The Morgan fingerprint density at radius 3 is 2.58 bits per heavy atom. The van der Waals surface area contributed by atoms with Crippen molar-refractivity contribution in [3.63, 3.8) is 0 Å². The van der Waals surface area contributed by atoms with Crippen molar-refractivity contribution in [2.45, 2.75) is 97.4 Å². The van der Waals surface area contributed by atoms with Gasteiger partial charge in [0.25, 0.3) is 0 Å². The van der Waals surface area contributed by atoms with Crippen molar-refractivity contribution < 1.29 is 33.7 Å². The van der Waals surface area contributed by atoms with Gasteiger partial charge in [-0.15, -0.1) is 0 Å². The zero-order valence-electron chi connectivity index (χ0n) is 22.1. The number of cyclic esters (lactones) is 1. The quantitative estimate of drug-likeness (QED) is 0.321. The molecule has 4 N–H and O–H groups in total. The molecule has 1 saturated heterocycles. The van der Waals surface area contributed by atoms with Crippen LogP contribution in [0.25, 0.3) is 6.08 Å². The predicted octanol–water partition coefficient (Wildman–Crippen LogP) is 2.94. The number of aliphatic hydroxyl groups is 2. The summed E-state index contributed by atoms with van der Waals surface area (Å²) in [6.45, 7) is 10.7. The Morgan fingerprint density at radius 2 is 1.94 bits per heavy atom. The van der Waals surface area contributed by atoms with E-state index in [-0.39, 0.29) is 30.8 Å². The van der Waals surface area contributed by atoms with E-state index in [1.165, 1.54) is 6.26 Å². The molecule has 2 aliphatic rings. The number of epoxide rings is 1. The minimum atomic E-state index is -1.28. The molecule has 3 rings (SSSR count). The number of Topliss-reactive ketones (excluding diaryl/α,β-unsaturated/α-hetero) is 1. The first-order chi connectivity index (χ1) is 16.8. The highest BCUT2D eigenvalue weighted by Crippen LogP contribution is 2.44. The smallest absolute Gasteiger partial charge is 0.309 e. The van der Waals surface area contributed by atoms with Gasteiger partial charge >= 0.3 is 5.97 Å². The van der Waals surface area contributed by atoms with E-state index in [1.807, 2.05) is 32.9 Å². The molecule has 0 saturated carbocycles. The standard InChI is InChI=1S/C27H40N2O7/c1-15-8-7-9-27(6)21(36-27)11-19(16(2)10-18-14-34-22(13-28)29-18)35-23(31)12-20(30)26(4,5)25(33)17(3)24(15)32/h7-8,10,14-15,17,19-21,24,30,32H,9,11-13,28H2,1-6H3/b8-7-,16-10+. The number of fused-ring (bicyclic) bond motifs is 1. The van der Waals surface area contributed by atoms with E-state index in [1.54, 1.807) is 26.8 Å². The highest BCUT2D eigenvalue weighted by atomic mass is 16.6.